The fourth-order valence-electron chi connectivity index (χ4n) is 5.40. The van der Waals surface area contributed by atoms with Gasteiger partial charge < -0.3 is 15.1 Å². The van der Waals surface area contributed by atoms with Crippen LogP contribution in [0.3, 0.4) is 0 Å². The molecule has 3 N–H and O–H groups in total. The summed E-state index contributed by atoms with van der Waals surface area (Å²) in [5, 5.41) is 14.0. The van der Waals surface area contributed by atoms with E-state index < -0.39 is 5.54 Å². The van der Waals surface area contributed by atoms with Gasteiger partial charge in [0.1, 0.15) is 17.0 Å². The Morgan fingerprint density at radius 1 is 0.907 bits per heavy atom. The smallest absolute Gasteiger partial charge is 0.255 e. The maximum atomic E-state index is 13.5. The van der Waals surface area contributed by atoms with Gasteiger partial charge in [0, 0.05) is 29.8 Å². The Bertz CT molecular complexity index is 1990. The first kappa shape index (κ1) is 26.3. The number of nitrogens with one attached hydrogen (secondary N) is 3. The van der Waals surface area contributed by atoms with E-state index >= 15 is 0 Å². The van der Waals surface area contributed by atoms with E-state index in [1.54, 1.807) is 13.2 Å². The van der Waals surface area contributed by atoms with E-state index in [9.17, 15) is 9.59 Å². The third-order valence-corrected chi connectivity index (χ3v) is 7.92. The molecule has 1 aliphatic rings. The van der Waals surface area contributed by atoms with Gasteiger partial charge in [-0.15, -0.1) is 0 Å². The molecule has 0 spiro atoms. The molecule has 3 heterocycles. The second-order valence-electron chi connectivity index (χ2n) is 10.8. The maximum Gasteiger partial charge on any atom is 0.255 e. The molecule has 9 heteroatoms. The highest BCUT2D eigenvalue weighted by Gasteiger charge is 2.49. The second-order valence-corrected chi connectivity index (χ2v) is 10.8. The average Bonchev–Trinajstić information content (AvgIpc) is 3.46. The monoisotopic (exact) mass is 568 g/mol. The first-order chi connectivity index (χ1) is 21.0. The molecule has 1 fully saturated rings. The Morgan fingerprint density at radius 2 is 1.72 bits per heavy atom. The zero-order valence-corrected chi connectivity index (χ0v) is 23.6. The lowest BCUT2D eigenvalue weighted by atomic mass is 9.95. The standard InChI is InChI=1S/C34H28N6O3/c1-20-11-12-23(31(41)38-34(15-16-34)33-37-30(39-40-33)26-10-6-7-17-36-26)19-24(20)22-13-14-27-25(18-22)28(32(42)35-2)29(43-27)21-8-4-3-5-9-21/h3-14,17-19H,15-16H2,1-2H3,(H,35,42)(H,38,41)(H,37,39,40). The quantitative estimate of drug-likeness (QED) is 0.216. The zero-order chi connectivity index (χ0) is 29.6. The van der Waals surface area contributed by atoms with Gasteiger partial charge in [0.2, 0.25) is 0 Å². The number of hydrogen-bond donors (Lipinski definition) is 3. The molecule has 3 aromatic carbocycles. The van der Waals surface area contributed by atoms with Gasteiger partial charge in [-0.05, 0) is 72.9 Å². The molecule has 9 nitrogen and oxygen atoms in total. The molecule has 212 valence electrons. The predicted molar refractivity (Wildman–Crippen MR) is 163 cm³/mol. The van der Waals surface area contributed by atoms with E-state index in [4.69, 9.17) is 4.42 Å². The number of nitrogens with zero attached hydrogens (tertiary/aromatic N) is 3. The first-order valence-corrected chi connectivity index (χ1v) is 14.1. The molecule has 1 saturated carbocycles. The zero-order valence-electron chi connectivity index (χ0n) is 23.6. The lowest BCUT2D eigenvalue weighted by Gasteiger charge is -2.16. The number of carbonyl (C=O) groups is 2. The van der Waals surface area contributed by atoms with Gasteiger partial charge in [-0.3, -0.25) is 19.7 Å². The van der Waals surface area contributed by atoms with E-state index in [-0.39, 0.29) is 11.8 Å². The molecule has 0 atom stereocenters. The third kappa shape index (κ3) is 4.74. The van der Waals surface area contributed by atoms with Crippen LogP contribution >= 0.6 is 0 Å². The van der Waals surface area contributed by atoms with Crippen molar-refractivity contribution in [3.05, 3.63) is 114 Å². The van der Waals surface area contributed by atoms with Crippen LogP contribution in [0.1, 0.15) is 44.9 Å². The number of amides is 2. The lowest BCUT2D eigenvalue weighted by Crippen LogP contribution is -2.35. The number of rotatable bonds is 7. The van der Waals surface area contributed by atoms with E-state index in [1.165, 1.54) is 0 Å². The Hall–Kier alpha value is -5.57. The number of aromatic amines is 1. The summed E-state index contributed by atoms with van der Waals surface area (Å²) >= 11 is 0. The molecule has 0 aliphatic heterocycles. The van der Waals surface area contributed by atoms with Crippen LogP contribution in [0.2, 0.25) is 0 Å². The summed E-state index contributed by atoms with van der Waals surface area (Å²) in [7, 11) is 1.61. The van der Waals surface area contributed by atoms with Crippen molar-refractivity contribution in [2.45, 2.75) is 25.3 Å². The number of carbonyl (C=O) groups excluding carboxylic acids is 2. The Morgan fingerprint density at radius 3 is 2.47 bits per heavy atom. The minimum Gasteiger partial charge on any atom is -0.455 e. The largest absolute Gasteiger partial charge is 0.455 e. The summed E-state index contributed by atoms with van der Waals surface area (Å²) in [6.45, 7) is 2.00. The summed E-state index contributed by atoms with van der Waals surface area (Å²) in [4.78, 5) is 35.5. The molecule has 0 saturated heterocycles. The third-order valence-electron chi connectivity index (χ3n) is 7.92. The van der Waals surface area contributed by atoms with Crippen molar-refractivity contribution in [1.29, 1.82) is 0 Å². The molecule has 0 bridgehead atoms. The number of aromatic nitrogens is 4. The topological polar surface area (TPSA) is 126 Å². The highest BCUT2D eigenvalue weighted by Crippen LogP contribution is 2.44. The van der Waals surface area contributed by atoms with Crippen LogP contribution < -0.4 is 10.6 Å². The summed E-state index contributed by atoms with van der Waals surface area (Å²) < 4.78 is 6.18. The summed E-state index contributed by atoms with van der Waals surface area (Å²) in [6.07, 6.45) is 3.22. The molecule has 0 unspecified atom stereocenters. The van der Waals surface area contributed by atoms with Crippen molar-refractivity contribution in [2.75, 3.05) is 7.05 Å². The van der Waals surface area contributed by atoms with E-state index in [2.05, 4.69) is 30.8 Å². The first-order valence-electron chi connectivity index (χ1n) is 14.1. The fourth-order valence-corrected chi connectivity index (χ4v) is 5.40. The fraction of sp³-hybridized carbons (Fsp3) is 0.147. The van der Waals surface area contributed by atoms with Crippen LogP contribution in [-0.2, 0) is 5.54 Å². The number of pyridine rings is 1. The number of hydrogen-bond acceptors (Lipinski definition) is 6. The van der Waals surface area contributed by atoms with Crippen LogP contribution in [0.5, 0.6) is 0 Å². The summed E-state index contributed by atoms with van der Waals surface area (Å²) in [5.41, 5.74) is 5.28. The van der Waals surface area contributed by atoms with Crippen LogP contribution in [0.15, 0.2) is 95.5 Å². The van der Waals surface area contributed by atoms with Crippen LogP contribution in [0.25, 0.3) is 44.9 Å². The second kappa shape index (κ2) is 10.4. The van der Waals surface area contributed by atoms with Crippen LogP contribution in [-0.4, -0.2) is 39.0 Å². The molecular weight excluding hydrogens is 540 g/mol. The van der Waals surface area contributed by atoms with Crippen molar-refractivity contribution >= 4 is 22.8 Å². The Kier molecular flexibility index (Phi) is 6.35. The Balaban J connectivity index is 1.21. The normalized spacial score (nSPS) is 13.5. The predicted octanol–water partition coefficient (Wildman–Crippen LogP) is 6.03. The van der Waals surface area contributed by atoms with Crippen molar-refractivity contribution in [3.8, 4) is 34.0 Å². The van der Waals surface area contributed by atoms with Gasteiger partial charge in [-0.1, -0.05) is 48.5 Å². The summed E-state index contributed by atoms with van der Waals surface area (Å²) in [5.74, 6) is 1.21. The SMILES string of the molecule is CNC(=O)c1c(-c2ccccc2)oc2ccc(-c3cc(C(=O)NC4(c5nc(-c6ccccn6)n[nH]5)CC4)ccc3C)cc12. The highest BCUT2D eigenvalue weighted by molar-refractivity contribution is 6.12. The number of fused-ring (bicyclic) bond motifs is 1. The van der Waals surface area contributed by atoms with E-state index in [0.717, 1.165) is 35.1 Å². The van der Waals surface area contributed by atoms with Crippen molar-refractivity contribution in [1.82, 2.24) is 30.8 Å². The molecule has 7 rings (SSSR count). The summed E-state index contributed by atoms with van der Waals surface area (Å²) in [6, 6.07) is 26.6. The average molecular weight is 569 g/mol. The number of benzene rings is 3. The molecule has 3 aromatic heterocycles. The number of furan rings is 1. The Labute approximate surface area is 247 Å². The van der Waals surface area contributed by atoms with Crippen molar-refractivity contribution in [2.24, 2.45) is 0 Å². The van der Waals surface area contributed by atoms with Crippen LogP contribution in [0, 0.1) is 6.92 Å². The number of aryl methyl sites for hydroxylation is 1. The van der Waals surface area contributed by atoms with Crippen molar-refractivity contribution in [3.63, 3.8) is 0 Å². The lowest BCUT2D eigenvalue weighted by molar-refractivity contribution is 0.0927. The molecule has 6 aromatic rings. The van der Waals surface area contributed by atoms with Gasteiger partial charge in [0.15, 0.2) is 11.6 Å². The van der Waals surface area contributed by atoms with Gasteiger partial charge in [-0.25, -0.2) is 4.98 Å². The number of H-pyrrole nitrogens is 1. The minimum absolute atomic E-state index is 0.198. The van der Waals surface area contributed by atoms with Gasteiger partial charge in [0.05, 0.1) is 11.1 Å². The molecule has 2 amide bonds. The molecule has 0 radical (unpaired) electrons. The molecule has 1 aliphatic carbocycles. The molecular formula is C34H28N6O3. The van der Waals surface area contributed by atoms with Gasteiger partial charge in [0.25, 0.3) is 11.8 Å². The van der Waals surface area contributed by atoms with E-state index in [0.29, 0.717) is 45.2 Å². The van der Waals surface area contributed by atoms with Gasteiger partial charge >= 0.3 is 0 Å². The maximum absolute atomic E-state index is 13.5. The molecule has 43 heavy (non-hydrogen) atoms. The van der Waals surface area contributed by atoms with E-state index in [1.807, 2.05) is 91.9 Å². The highest BCUT2D eigenvalue weighted by atomic mass is 16.3. The van der Waals surface area contributed by atoms with Crippen molar-refractivity contribution < 1.29 is 14.0 Å². The minimum atomic E-state index is -0.589. The van der Waals surface area contributed by atoms with Crippen LogP contribution in [0.4, 0.5) is 0 Å². The van der Waals surface area contributed by atoms with Gasteiger partial charge in [-0.2, -0.15) is 5.10 Å².